The van der Waals surface area contributed by atoms with Gasteiger partial charge in [0.15, 0.2) is 5.13 Å². The third-order valence-electron chi connectivity index (χ3n) is 3.43. The Kier molecular flexibility index (Phi) is 4.76. The second-order valence-electron chi connectivity index (χ2n) is 5.09. The molecule has 132 valence electrons. The van der Waals surface area contributed by atoms with Crippen LogP contribution in [0.15, 0.2) is 41.9 Å². The van der Waals surface area contributed by atoms with Crippen LogP contribution in [-0.2, 0) is 4.74 Å². The van der Waals surface area contributed by atoms with Gasteiger partial charge in [0, 0.05) is 34.8 Å². The van der Waals surface area contributed by atoms with Crippen LogP contribution in [0.25, 0.3) is 11.3 Å². The van der Waals surface area contributed by atoms with E-state index in [4.69, 9.17) is 0 Å². The van der Waals surface area contributed by atoms with Crippen molar-refractivity contribution < 1.29 is 19.2 Å². The van der Waals surface area contributed by atoms with Crippen molar-refractivity contribution >= 4 is 34.0 Å². The number of non-ortho nitro benzene ring substituents is 1. The molecule has 1 amide bonds. The number of hydrogen-bond acceptors (Lipinski definition) is 7. The van der Waals surface area contributed by atoms with Gasteiger partial charge in [-0.2, -0.15) is 0 Å². The van der Waals surface area contributed by atoms with Crippen molar-refractivity contribution in [2.75, 3.05) is 12.4 Å². The standard InChI is InChI=1S/C16H12N4O5S/c1-25-15(22)12-6-10(7-17-12)13-8-26-16(18-13)19-14(21)9-3-2-4-11(5-9)20(23)24/h2-8,17H,1H3,(H,18,19,21). The van der Waals surface area contributed by atoms with Gasteiger partial charge in [-0.1, -0.05) is 6.07 Å². The van der Waals surface area contributed by atoms with Gasteiger partial charge in [0.25, 0.3) is 11.6 Å². The van der Waals surface area contributed by atoms with E-state index in [2.05, 4.69) is 20.0 Å². The molecule has 26 heavy (non-hydrogen) atoms. The first kappa shape index (κ1) is 17.3. The average molecular weight is 372 g/mol. The number of esters is 1. The van der Waals surface area contributed by atoms with Crippen LogP contribution >= 0.6 is 11.3 Å². The summed E-state index contributed by atoms with van der Waals surface area (Å²) < 4.78 is 4.63. The van der Waals surface area contributed by atoms with Crippen molar-refractivity contribution in [1.82, 2.24) is 9.97 Å². The first-order valence-electron chi connectivity index (χ1n) is 7.26. The quantitative estimate of drug-likeness (QED) is 0.402. The lowest BCUT2D eigenvalue weighted by atomic mass is 10.2. The SMILES string of the molecule is COC(=O)c1cc(-c2csc(NC(=O)c3cccc([N+](=O)[O-])c3)n2)c[nH]1. The van der Waals surface area contributed by atoms with Crippen LogP contribution in [-0.4, -0.2) is 33.9 Å². The Balaban J connectivity index is 1.75. The highest BCUT2D eigenvalue weighted by Crippen LogP contribution is 2.26. The zero-order chi connectivity index (χ0) is 18.7. The Morgan fingerprint density at radius 2 is 2.15 bits per heavy atom. The summed E-state index contributed by atoms with van der Waals surface area (Å²) in [5.41, 5.74) is 1.51. The number of aromatic nitrogens is 2. The number of H-pyrrole nitrogens is 1. The Morgan fingerprint density at radius 3 is 2.88 bits per heavy atom. The number of anilines is 1. The summed E-state index contributed by atoms with van der Waals surface area (Å²) in [5, 5.41) is 15.4. The fourth-order valence-electron chi connectivity index (χ4n) is 2.16. The third-order valence-corrected chi connectivity index (χ3v) is 4.19. The van der Waals surface area contributed by atoms with Gasteiger partial charge in [-0.3, -0.25) is 20.2 Å². The number of methoxy groups -OCH3 is 1. The second kappa shape index (κ2) is 7.15. The minimum absolute atomic E-state index is 0.158. The Labute approximate surface area is 150 Å². The molecule has 10 heteroatoms. The number of nitrogens with one attached hydrogen (secondary N) is 2. The fraction of sp³-hybridized carbons (Fsp3) is 0.0625. The van der Waals surface area contributed by atoms with E-state index in [-0.39, 0.29) is 16.9 Å². The van der Waals surface area contributed by atoms with Gasteiger partial charge in [-0.05, 0) is 12.1 Å². The van der Waals surface area contributed by atoms with E-state index in [1.807, 2.05) is 0 Å². The average Bonchev–Trinajstić information content (AvgIpc) is 3.30. The predicted octanol–water partition coefficient (Wildman–Crippen LogP) is 3.09. The van der Waals surface area contributed by atoms with Crippen LogP contribution in [0.4, 0.5) is 10.8 Å². The summed E-state index contributed by atoms with van der Waals surface area (Å²) >= 11 is 1.19. The normalized spacial score (nSPS) is 10.3. The van der Waals surface area contributed by atoms with Crippen LogP contribution in [0.1, 0.15) is 20.8 Å². The number of carbonyl (C=O) groups excluding carboxylic acids is 2. The molecule has 2 heterocycles. The summed E-state index contributed by atoms with van der Waals surface area (Å²) in [7, 11) is 1.28. The molecule has 0 fully saturated rings. The van der Waals surface area contributed by atoms with Gasteiger partial charge in [0.05, 0.1) is 17.7 Å². The molecule has 0 radical (unpaired) electrons. The highest BCUT2D eigenvalue weighted by atomic mass is 32.1. The monoisotopic (exact) mass is 372 g/mol. The molecule has 0 atom stereocenters. The van der Waals surface area contributed by atoms with Crippen LogP contribution in [0.5, 0.6) is 0 Å². The highest BCUT2D eigenvalue weighted by molar-refractivity contribution is 7.14. The Hall–Kier alpha value is -3.53. The van der Waals surface area contributed by atoms with Gasteiger partial charge < -0.3 is 9.72 Å². The lowest BCUT2D eigenvalue weighted by Gasteiger charge is -2.01. The van der Waals surface area contributed by atoms with Crippen molar-refractivity contribution in [3.05, 3.63) is 63.3 Å². The number of aromatic amines is 1. The molecule has 9 nitrogen and oxygen atoms in total. The van der Waals surface area contributed by atoms with Crippen molar-refractivity contribution in [3.63, 3.8) is 0 Å². The minimum Gasteiger partial charge on any atom is -0.464 e. The number of hydrogen-bond donors (Lipinski definition) is 2. The summed E-state index contributed by atoms with van der Waals surface area (Å²) in [6.45, 7) is 0. The number of ether oxygens (including phenoxy) is 1. The summed E-state index contributed by atoms with van der Waals surface area (Å²) in [6, 6.07) is 7.01. The smallest absolute Gasteiger partial charge is 0.354 e. The first-order valence-corrected chi connectivity index (χ1v) is 8.14. The molecule has 2 aromatic heterocycles. The lowest BCUT2D eigenvalue weighted by molar-refractivity contribution is -0.384. The van der Waals surface area contributed by atoms with Crippen molar-refractivity contribution in [2.24, 2.45) is 0 Å². The lowest BCUT2D eigenvalue weighted by Crippen LogP contribution is -2.11. The molecule has 0 aliphatic rings. The van der Waals surface area contributed by atoms with Crippen LogP contribution < -0.4 is 5.32 Å². The summed E-state index contributed by atoms with van der Waals surface area (Å²) in [5.74, 6) is -0.996. The number of nitro benzene ring substituents is 1. The number of nitrogens with zero attached hydrogens (tertiary/aromatic N) is 2. The van der Waals surface area contributed by atoms with E-state index in [1.54, 1.807) is 17.6 Å². The van der Waals surface area contributed by atoms with Crippen LogP contribution in [0.3, 0.4) is 0 Å². The molecule has 0 aliphatic carbocycles. The highest BCUT2D eigenvalue weighted by Gasteiger charge is 2.15. The fourth-order valence-corrected chi connectivity index (χ4v) is 2.88. The molecule has 3 aromatic rings. The van der Waals surface area contributed by atoms with Crippen molar-refractivity contribution in [1.29, 1.82) is 0 Å². The molecular weight excluding hydrogens is 360 g/mol. The van der Waals surface area contributed by atoms with Crippen LogP contribution in [0.2, 0.25) is 0 Å². The topological polar surface area (TPSA) is 127 Å². The molecule has 0 aliphatic heterocycles. The number of benzene rings is 1. The molecule has 0 saturated heterocycles. The molecule has 3 rings (SSSR count). The molecule has 1 aromatic carbocycles. The van der Waals surface area contributed by atoms with Gasteiger partial charge in [-0.15, -0.1) is 11.3 Å². The molecule has 0 spiro atoms. The van der Waals surface area contributed by atoms with E-state index >= 15 is 0 Å². The van der Waals surface area contributed by atoms with E-state index in [9.17, 15) is 19.7 Å². The van der Waals surface area contributed by atoms with E-state index in [0.717, 1.165) is 0 Å². The zero-order valence-corrected chi connectivity index (χ0v) is 14.2. The van der Waals surface area contributed by atoms with Gasteiger partial charge in [-0.25, -0.2) is 9.78 Å². The van der Waals surface area contributed by atoms with E-state index in [0.29, 0.717) is 16.4 Å². The van der Waals surface area contributed by atoms with Gasteiger partial charge in [0.2, 0.25) is 0 Å². The number of carbonyl (C=O) groups is 2. The van der Waals surface area contributed by atoms with Crippen molar-refractivity contribution in [3.8, 4) is 11.3 Å². The summed E-state index contributed by atoms with van der Waals surface area (Å²) in [6.07, 6.45) is 1.60. The van der Waals surface area contributed by atoms with Crippen LogP contribution in [0, 0.1) is 10.1 Å². The predicted molar refractivity (Wildman–Crippen MR) is 94.3 cm³/mol. The molecule has 0 bridgehead atoms. The molecule has 2 N–H and O–H groups in total. The van der Waals surface area contributed by atoms with Gasteiger partial charge >= 0.3 is 5.97 Å². The van der Waals surface area contributed by atoms with Gasteiger partial charge in [0.1, 0.15) is 5.69 Å². The molecule has 0 unspecified atom stereocenters. The maximum absolute atomic E-state index is 12.2. The number of nitro groups is 1. The number of thiazole rings is 1. The third kappa shape index (κ3) is 3.59. The van der Waals surface area contributed by atoms with Crippen molar-refractivity contribution in [2.45, 2.75) is 0 Å². The first-order chi connectivity index (χ1) is 12.5. The van der Waals surface area contributed by atoms with E-state index < -0.39 is 16.8 Å². The summed E-state index contributed by atoms with van der Waals surface area (Å²) in [4.78, 5) is 41.0. The maximum atomic E-state index is 12.2. The zero-order valence-electron chi connectivity index (χ0n) is 13.4. The largest absolute Gasteiger partial charge is 0.464 e. The van der Waals surface area contributed by atoms with E-state index in [1.165, 1.54) is 42.7 Å². The molecule has 0 saturated carbocycles. The second-order valence-corrected chi connectivity index (χ2v) is 5.95. The Bertz CT molecular complexity index is 994. The minimum atomic E-state index is -0.566. The number of rotatable bonds is 5. The molecular formula is C16H12N4O5S. The maximum Gasteiger partial charge on any atom is 0.354 e. The number of amides is 1. The Morgan fingerprint density at radius 1 is 1.35 bits per heavy atom.